The molecule has 4 heteroatoms. The van der Waals surface area contributed by atoms with Crippen LogP contribution >= 0.6 is 11.3 Å². The zero-order chi connectivity index (χ0) is 15.6. The Morgan fingerprint density at radius 3 is 2.64 bits per heavy atom. The Morgan fingerprint density at radius 2 is 1.91 bits per heavy atom. The number of thiophene rings is 1. The van der Waals surface area contributed by atoms with Crippen LogP contribution in [0.5, 0.6) is 0 Å². The second-order valence-electron chi connectivity index (χ2n) is 5.43. The summed E-state index contributed by atoms with van der Waals surface area (Å²) in [4.78, 5) is 13.0. The highest BCUT2D eigenvalue weighted by atomic mass is 32.1. The first-order valence-electron chi connectivity index (χ1n) is 7.91. The molecule has 1 atom stereocenters. The van der Waals surface area contributed by atoms with E-state index in [9.17, 15) is 4.79 Å². The topological polar surface area (TPSA) is 30.2 Å². The Kier molecular flexibility index (Phi) is 7.10. The molecule has 3 nitrogen and oxygen atoms in total. The van der Waals surface area contributed by atoms with E-state index in [1.165, 1.54) is 6.42 Å². The first-order chi connectivity index (χ1) is 10.8. The van der Waals surface area contributed by atoms with Crippen LogP contribution < -0.4 is 4.57 Å². The SMILES string of the molecule is C[C@@H](C(=O)OCCCCCC[n+]1ccccc1)c1cccs1. The zero-order valence-electron chi connectivity index (χ0n) is 13.1. The van der Waals surface area contributed by atoms with Crippen molar-refractivity contribution in [2.45, 2.75) is 45.1 Å². The van der Waals surface area contributed by atoms with Crippen molar-refractivity contribution in [1.29, 1.82) is 0 Å². The van der Waals surface area contributed by atoms with Gasteiger partial charge in [0.05, 0.1) is 12.5 Å². The van der Waals surface area contributed by atoms with Gasteiger partial charge in [0.25, 0.3) is 0 Å². The molecule has 0 spiro atoms. The Hall–Kier alpha value is -1.68. The molecule has 0 N–H and O–H groups in total. The number of aromatic nitrogens is 1. The zero-order valence-corrected chi connectivity index (χ0v) is 13.9. The molecule has 0 saturated heterocycles. The highest BCUT2D eigenvalue weighted by Crippen LogP contribution is 2.21. The summed E-state index contributed by atoms with van der Waals surface area (Å²) < 4.78 is 7.55. The number of ether oxygens (including phenoxy) is 1. The van der Waals surface area contributed by atoms with Gasteiger partial charge in [-0.1, -0.05) is 12.1 Å². The second-order valence-corrected chi connectivity index (χ2v) is 6.41. The van der Waals surface area contributed by atoms with Crippen LogP contribution in [-0.2, 0) is 16.1 Å². The number of carbonyl (C=O) groups excluding carboxylic acids is 1. The lowest BCUT2D eigenvalue weighted by atomic mass is 10.1. The third-order valence-electron chi connectivity index (χ3n) is 3.66. The molecule has 0 bridgehead atoms. The van der Waals surface area contributed by atoms with E-state index in [0.29, 0.717) is 6.61 Å². The number of aryl methyl sites for hydroxylation is 1. The Bertz CT molecular complexity index is 539. The van der Waals surface area contributed by atoms with Crippen molar-refractivity contribution < 1.29 is 14.1 Å². The van der Waals surface area contributed by atoms with Gasteiger partial charge in [-0.25, -0.2) is 4.57 Å². The minimum Gasteiger partial charge on any atom is -0.465 e. The number of rotatable bonds is 9. The van der Waals surface area contributed by atoms with E-state index in [0.717, 1.165) is 30.7 Å². The Labute approximate surface area is 136 Å². The van der Waals surface area contributed by atoms with Gasteiger partial charge in [-0.15, -0.1) is 11.3 Å². The summed E-state index contributed by atoms with van der Waals surface area (Å²) in [5.41, 5.74) is 0. The first-order valence-corrected chi connectivity index (χ1v) is 8.79. The maximum Gasteiger partial charge on any atom is 0.313 e. The van der Waals surface area contributed by atoms with Crippen LogP contribution in [0.1, 0.15) is 43.4 Å². The molecule has 118 valence electrons. The summed E-state index contributed by atoms with van der Waals surface area (Å²) in [6.07, 6.45) is 8.56. The van der Waals surface area contributed by atoms with E-state index in [1.54, 1.807) is 11.3 Å². The molecule has 0 aromatic carbocycles. The average Bonchev–Trinajstić information content (AvgIpc) is 3.08. The van der Waals surface area contributed by atoms with Gasteiger partial charge in [-0.2, -0.15) is 0 Å². The normalized spacial score (nSPS) is 12.0. The number of esters is 1. The van der Waals surface area contributed by atoms with Crippen LogP contribution in [0.3, 0.4) is 0 Å². The standard InChI is InChI=1S/C18H24NO2S/c1-16(17-10-9-15-22-17)18(20)21-14-8-3-2-5-11-19-12-6-4-7-13-19/h4,6-7,9-10,12-13,15-16H,2-3,5,8,11,14H2,1H3/q+1/t16-/m1/s1. The van der Waals surface area contributed by atoms with Gasteiger partial charge in [0.1, 0.15) is 6.54 Å². The maximum atomic E-state index is 11.9. The van der Waals surface area contributed by atoms with Crippen molar-refractivity contribution in [2.24, 2.45) is 0 Å². The quantitative estimate of drug-likeness (QED) is 0.398. The highest BCUT2D eigenvalue weighted by Gasteiger charge is 2.17. The number of unbranched alkanes of at least 4 members (excludes halogenated alkanes) is 3. The van der Waals surface area contributed by atoms with Crippen molar-refractivity contribution in [3.8, 4) is 0 Å². The highest BCUT2D eigenvalue weighted by molar-refractivity contribution is 7.10. The second kappa shape index (κ2) is 9.36. The van der Waals surface area contributed by atoms with Crippen LogP contribution in [-0.4, -0.2) is 12.6 Å². The summed E-state index contributed by atoms with van der Waals surface area (Å²) in [5, 5.41) is 1.99. The minimum absolute atomic E-state index is 0.109. The Balaban J connectivity index is 1.51. The summed E-state index contributed by atoms with van der Waals surface area (Å²) in [5.74, 6) is -0.253. The predicted molar refractivity (Wildman–Crippen MR) is 88.8 cm³/mol. The Morgan fingerprint density at radius 1 is 1.14 bits per heavy atom. The maximum absolute atomic E-state index is 11.9. The van der Waals surface area contributed by atoms with Crippen molar-refractivity contribution in [1.82, 2.24) is 0 Å². The molecular weight excluding hydrogens is 294 g/mol. The van der Waals surface area contributed by atoms with Gasteiger partial charge in [0.2, 0.25) is 0 Å². The van der Waals surface area contributed by atoms with E-state index in [4.69, 9.17) is 4.74 Å². The van der Waals surface area contributed by atoms with Crippen LogP contribution in [0.15, 0.2) is 48.1 Å². The molecule has 22 heavy (non-hydrogen) atoms. The lowest BCUT2D eigenvalue weighted by molar-refractivity contribution is -0.697. The van der Waals surface area contributed by atoms with E-state index in [2.05, 4.69) is 17.0 Å². The van der Waals surface area contributed by atoms with Gasteiger partial charge in [0, 0.05) is 23.4 Å². The average molecular weight is 318 g/mol. The molecule has 0 unspecified atom stereocenters. The van der Waals surface area contributed by atoms with E-state index in [-0.39, 0.29) is 11.9 Å². The van der Waals surface area contributed by atoms with Gasteiger partial charge in [0.15, 0.2) is 12.4 Å². The molecule has 2 aromatic rings. The number of carbonyl (C=O) groups is 1. The van der Waals surface area contributed by atoms with Crippen LogP contribution in [0.2, 0.25) is 0 Å². The molecular formula is C18H24NO2S+. The van der Waals surface area contributed by atoms with Crippen LogP contribution in [0.4, 0.5) is 0 Å². The number of nitrogens with zero attached hydrogens (tertiary/aromatic N) is 1. The third kappa shape index (κ3) is 5.60. The molecule has 2 heterocycles. The number of hydrogen-bond donors (Lipinski definition) is 0. The minimum atomic E-state index is -0.144. The molecule has 0 saturated carbocycles. The van der Waals surface area contributed by atoms with Crippen LogP contribution in [0, 0.1) is 0 Å². The summed E-state index contributed by atoms with van der Waals surface area (Å²) >= 11 is 1.60. The predicted octanol–water partition coefficient (Wildman–Crippen LogP) is 3.94. The number of hydrogen-bond acceptors (Lipinski definition) is 3. The molecule has 2 rings (SSSR count). The lowest BCUT2D eigenvalue weighted by Gasteiger charge is -2.09. The molecule has 0 fully saturated rings. The molecule has 0 aliphatic carbocycles. The van der Waals surface area contributed by atoms with Gasteiger partial charge in [-0.3, -0.25) is 4.79 Å². The third-order valence-corrected chi connectivity index (χ3v) is 4.71. The fraction of sp³-hybridized carbons (Fsp3) is 0.444. The largest absolute Gasteiger partial charge is 0.465 e. The molecule has 2 aromatic heterocycles. The van der Waals surface area contributed by atoms with Gasteiger partial charge < -0.3 is 4.74 Å². The van der Waals surface area contributed by atoms with Crippen molar-refractivity contribution >= 4 is 17.3 Å². The van der Waals surface area contributed by atoms with E-state index in [1.807, 2.05) is 42.6 Å². The van der Waals surface area contributed by atoms with Crippen LogP contribution in [0.25, 0.3) is 0 Å². The van der Waals surface area contributed by atoms with Crippen molar-refractivity contribution in [2.75, 3.05) is 6.61 Å². The summed E-state index contributed by atoms with van der Waals surface area (Å²) in [6, 6.07) is 10.1. The fourth-order valence-corrected chi connectivity index (χ4v) is 3.06. The smallest absolute Gasteiger partial charge is 0.313 e. The monoisotopic (exact) mass is 318 g/mol. The lowest BCUT2D eigenvalue weighted by Crippen LogP contribution is -2.32. The molecule has 0 aliphatic heterocycles. The van der Waals surface area contributed by atoms with E-state index >= 15 is 0 Å². The molecule has 0 radical (unpaired) electrons. The summed E-state index contributed by atoms with van der Waals surface area (Å²) in [6.45, 7) is 3.49. The van der Waals surface area contributed by atoms with Gasteiger partial charge in [-0.05, 0) is 37.6 Å². The van der Waals surface area contributed by atoms with Crippen molar-refractivity contribution in [3.05, 3.63) is 53.0 Å². The summed E-state index contributed by atoms with van der Waals surface area (Å²) in [7, 11) is 0. The first kappa shape index (κ1) is 16.7. The fourth-order valence-electron chi connectivity index (χ4n) is 2.28. The molecule has 0 amide bonds. The van der Waals surface area contributed by atoms with Gasteiger partial charge >= 0.3 is 5.97 Å². The number of pyridine rings is 1. The van der Waals surface area contributed by atoms with E-state index < -0.39 is 0 Å². The van der Waals surface area contributed by atoms with Crippen molar-refractivity contribution in [3.63, 3.8) is 0 Å². The molecule has 0 aliphatic rings.